The number of morpholine rings is 1. The summed E-state index contributed by atoms with van der Waals surface area (Å²) >= 11 is 0. The molecule has 2 fully saturated rings. The molecule has 7 nitrogen and oxygen atoms in total. The maximum atomic E-state index is 12.3. The number of rotatable bonds is 4. The molecule has 1 aromatic rings. The van der Waals surface area contributed by atoms with Crippen molar-refractivity contribution in [3.8, 4) is 0 Å². The Morgan fingerprint density at radius 2 is 2.00 bits per heavy atom. The quantitative estimate of drug-likeness (QED) is 0.881. The normalized spacial score (nSPS) is 21.4. The molecule has 1 aliphatic carbocycles. The summed E-state index contributed by atoms with van der Waals surface area (Å²) in [5, 5.41) is 10.3. The minimum absolute atomic E-state index is 0.0851. The van der Waals surface area contributed by atoms with Gasteiger partial charge in [0.1, 0.15) is 5.82 Å². The first-order valence-corrected chi connectivity index (χ1v) is 8.97. The van der Waals surface area contributed by atoms with Crippen LogP contribution in [-0.4, -0.2) is 59.1 Å². The fraction of sp³-hybridized carbons (Fsp3) is 0.765. The van der Waals surface area contributed by atoms with Crippen LogP contribution >= 0.6 is 0 Å². The fourth-order valence-corrected chi connectivity index (χ4v) is 3.99. The smallest absolute Gasteiger partial charge is 0.320 e. The number of ether oxygens (including phenoxy) is 1. The Morgan fingerprint density at radius 3 is 2.62 bits per heavy atom. The van der Waals surface area contributed by atoms with Gasteiger partial charge in [-0.1, -0.05) is 19.3 Å². The lowest BCUT2D eigenvalue weighted by Gasteiger charge is -2.48. The van der Waals surface area contributed by atoms with Crippen molar-refractivity contribution in [1.82, 2.24) is 20.0 Å². The van der Waals surface area contributed by atoms with Crippen LogP contribution in [0.25, 0.3) is 0 Å². The van der Waals surface area contributed by atoms with Crippen LogP contribution in [0.1, 0.15) is 37.8 Å². The van der Waals surface area contributed by atoms with Crippen molar-refractivity contribution in [3.05, 3.63) is 11.8 Å². The molecule has 1 aliphatic heterocycles. The molecule has 3 rings (SSSR count). The first kappa shape index (κ1) is 17.2. The summed E-state index contributed by atoms with van der Waals surface area (Å²) in [7, 11) is 1.83. The van der Waals surface area contributed by atoms with Gasteiger partial charge < -0.3 is 10.1 Å². The van der Waals surface area contributed by atoms with Crippen molar-refractivity contribution in [2.24, 2.45) is 7.05 Å². The van der Waals surface area contributed by atoms with Gasteiger partial charge in [-0.15, -0.1) is 0 Å². The molecule has 0 aromatic carbocycles. The molecule has 0 bridgehead atoms. The average molecular weight is 335 g/mol. The minimum atomic E-state index is -0.156. The lowest BCUT2D eigenvalue weighted by molar-refractivity contribution is -0.0356. The lowest BCUT2D eigenvalue weighted by atomic mass is 9.80. The third-order valence-electron chi connectivity index (χ3n) is 5.29. The Kier molecular flexibility index (Phi) is 5.40. The molecule has 2 aliphatic rings. The van der Waals surface area contributed by atoms with E-state index in [1.165, 1.54) is 19.3 Å². The van der Waals surface area contributed by atoms with Gasteiger partial charge in [0.05, 0.1) is 18.9 Å². The van der Waals surface area contributed by atoms with Gasteiger partial charge in [0.2, 0.25) is 0 Å². The van der Waals surface area contributed by atoms with E-state index in [0.29, 0.717) is 12.4 Å². The molecule has 2 heterocycles. The monoisotopic (exact) mass is 335 g/mol. The van der Waals surface area contributed by atoms with Crippen LogP contribution in [0.2, 0.25) is 0 Å². The molecular weight excluding hydrogens is 306 g/mol. The Morgan fingerprint density at radius 1 is 1.29 bits per heavy atom. The summed E-state index contributed by atoms with van der Waals surface area (Å²) < 4.78 is 7.19. The first-order chi connectivity index (χ1) is 11.6. The SMILES string of the molecule is Cc1cc(NC(=O)NCC2(N3CCOCC3)CCCCC2)n(C)n1. The zero-order valence-electron chi connectivity index (χ0n) is 14.8. The molecule has 1 saturated heterocycles. The zero-order valence-corrected chi connectivity index (χ0v) is 14.8. The van der Waals surface area contributed by atoms with Crippen LogP contribution in [-0.2, 0) is 11.8 Å². The van der Waals surface area contributed by atoms with Crippen molar-refractivity contribution in [3.63, 3.8) is 0 Å². The highest BCUT2D eigenvalue weighted by Gasteiger charge is 2.38. The number of nitrogens with zero attached hydrogens (tertiary/aromatic N) is 3. The van der Waals surface area contributed by atoms with Crippen LogP contribution in [0.15, 0.2) is 6.07 Å². The van der Waals surface area contributed by atoms with Crippen LogP contribution < -0.4 is 10.6 Å². The Labute approximate surface area is 143 Å². The molecule has 7 heteroatoms. The molecule has 134 valence electrons. The van der Waals surface area contributed by atoms with Gasteiger partial charge in [-0.2, -0.15) is 5.10 Å². The van der Waals surface area contributed by atoms with Gasteiger partial charge in [-0.05, 0) is 19.8 Å². The van der Waals surface area contributed by atoms with E-state index in [2.05, 4.69) is 20.6 Å². The molecule has 24 heavy (non-hydrogen) atoms. The minimum Gasteiger partial charge on any atom is -0.379 e. The number of nitrogens with one attached hydrogen (secondary N) is 2. The highest BCUT2D eigenvalue weighted by atomic mass is 16.5. The van der Waals surface area contributed by atoms with Crippen molar-refractivity contribution >= 4 is 11.8 Å². The van der Waals surface area contributed by atoms with E-state index < -0.39 is 0 Å². The maximum absolute atomic E-state index is 12.3. The summed E-state index contributed by atoms with van der Waals surface area (Å²) in [4.78, 5) is 14.9. The van der Waals surface area contributed by atoms with Gasteiger partial charge in [-0.25, -0.2) is 4.79 Å². The molecule has 2 amide bonds. The van der Waals surface area contributed by atoms with Gasteiger partial charge >= 0.3 is 6.03 Å². The van der Waals surface area contributed by atoms with E-state index >= 15 is 0 Å². The van der Waals surface area contributed by atoms with Gasteiger partial charge in [0, 0.05) is 38.3 Å². The van der Waals surface area contributed by atoms with Crippen LogP contribution in [0.4, 0.5) is 10.6 Å². The standard InChI is InChI=1S/C17H29N5O2/c1-14-12-15(21(2)20-14)19-16(23)18-13-17(6-4-3-5-7-17)22-8-10-24-11-9-22/h12H,3-11,13H2,1-2H3,(H2,18,19,23). The largest absolute Gasteiger partial charge is 0.379 e. The number of aromatic nitrogens is 2. The summed E-state index contributed by atoms with van der Waals surface area (Å²) in [5.41, 5.74) is 0.978. The highest BCUT2D eigenvalue weighted by molar-refractivity contribution is 5.88. The molecule has 2 N–H and O–H groups in total. The lowest BCUT2D eigenvalue weighted by Crippen LogP contribution is -2.60. The first-order valence-electron chi connectivity index (χ1n) is 8.97. The zero-order chi connectivity index (χ0) is 17.0. The Balaban J connectivity index is 1.60. The topological polar surface area (TPSA) is 71.4 Å². The van der Waals surface area contributed by atoms with Crippen LogP contribution in [0.3, 0.4) is 0 Å². The number of urea groups is 1. The summed E-state index contributed by atoms with van der Waals surface area (Å²) in [6.45, 7) is 6.12. The molecule has 1 aromatic heterocycles. The van der Waals surface area contributed by atoms with Crippen molar-refractivity contribution in [2.45, 2.75) is 44.6 Å². The summed E-state index contributed by atoms with van der Waals surface area (Å²) in [6, 6.07) is 1.72. The second-order valence-corrected chi connectivity index (χ2v) is 6.99. The van der Waals surface area contributed by atoms with Gasteiger partial charge in [-0.3, -0.25) is 14.9 Å². The molecule has 0 atom stereocenters. The molecule has 0 spiro atoms. The molecule has 1 saturated carbocycles. The number of carbonyl (C=O) groups excluding carboxylic acids is 1. The van der Waals surface area contributed by atoms with Crippen molar-refractivity contribution < 1.29 is 9.53 Å². The van der Waals surface area contributed by atoms with Crippen molar-refractivity contribution in [1.29, 1.82) is 0 Å². The number of amides is 2. The van der Waals surface area contributed by atoms with E-state index in [9.17, 15) is 4.79 Å². The molecule has 0 radical (unpaired) electrons. The number of carbonyl (C=O) groups is 1. The van der Waals surface area contributed by atoms with E-state index in [1.54, 1.807) is 4.68 Å². The number of anilines is 1. The van der Waals surface area contributed by atoms with Crippen LogP contribution in [0.5, 0.6) is 0 Å². The second kappa shape index (κ2) is 7.53. The number of hydrogen-bond acceptors (Lipinski definition) is 4. The highest BCUT2D eigenvalue weighted by Crippen LogP contribution is 2.33. The molecular formula is C17H29N5O2. The van der Waals surface area contributed by atoms with Crippen molar-refractivity contribution in [2.75, 3.05) is 38.2 Å². The molecule has 0 unspecified atom stereocenters. The third-order valence-corrected chi connectivity index (χ3v) is 5.29. The number of hydrogen-bond donors (Lipinski definition) is 2. The predicted octanol–water partition coefficient (Wildman–Crippen LogP) is 1.89. The summed E-state index contributed by atoms with van der Waals surface area (Å²) in [6.07, 6.45) is 6.08. The average Bonchev–Trinajstić information content (AvgIpc) is 2.92. The maximum Gasteiger partial charge on any atom is 0.320 e. The Bertz CT molecular complexity index is 559. The van der Waals surface area contributed by atoms with Gasteiger partial charge in [0.25, 0.3) is 0 Å². The Hall–Kier alpha value is -1.60. The van der Waals surface area contributed by atoms with Crippen LogP contribution in [0, 0.1) is 6.92 Å². The second-order valence-electron chi connectivity index (χ2n) is 6.99. The van der Waals surface area contributed by atoms with E-state index in [-0.39, 0.29) is 11.6 Å². The third kappa shape index (κ3) is 3.89. The van der Waals surface area contributed by atoms with Gasteiger partial charge in [0.15, 0.2) is 0 Å². The fourth-order valence-electron chi connectivity index (χ4n) is 3.99. The predicted molar refractivity (Wildman–Crippen MR) is 93.2 cm³/mol. The van der Waals surface area contributed by atoms with E-state index in [0.717, 1.165) is 44.8 Å². The number of aryl methyl sites for hydroxylation is 2. The van der Waals surface area contributed by atoms with E-state index in [4.69, 9.17) is 4.74 Å². The summed E-state index contributed by atoms with van der Waals surface area (Å²) in [5.74, 6) is 0.717. The van der Waals surface area contributed by atoms with E-state index in [1.807, 2.05) is 20.0 Å².